The summed E-state index contributed by atoms with van der Waals surface area (Å²) in [5.41, 5.74) is 0.595. The van der Waals surface area contributed by atoms with Crippen LogP contribution >= 0.6 is 0 Å². The van der Waals surface area contributed by atoms with E-state index in [1.165, 1.54) is 29.2 Å². The summed E-state index contributed by atoms with van der Waals surface area (Å²) < 4.78 is 12.9. The molecule has 0 aliphatic carbocycles. The van der Waals surface area contributed by atoms with Crippen molar-refractivity contribution in [2.24, 2.45) is 5.92 Å². The SMILES string of the molecule is CCN(C(=O)NCC(C)CC(=O)O)c1ccc(F)cc1. The molecule has 0 bridgehead atoms. The van der Waals surface area contributed by atoms with Gasteiger partial charge in [-0.25, -0.2) is 9.18 Å². The van der Waals surface area contributed by atoms with Crippen LogP contribution in [-0.4, -0.2) is 30.2 Å². The van der Waals surface area contributed by atoms with Gasteiger partial charge in [-0.15, -0.1) is 0 Å². The lowest BCUT2D eigenvalue weighted by Gasteiger charge is -2.22. The molecule has 0 fully saturated rings. The van der Waals surface area contributed by atoms with Crippen LogP contribution in [0.25, 0.3) is 0 Å². The lowest BCUT2D eigenvalue weighted by molar-refractivity contribution is -0.137. The number of hydrogen-bond donors (Lipinski definition) is 2. The quantitative estimate of drug-likeness (QED) is 0.842. The van der Waals surface area contributed by atoms with Gasteiger partial charge in [-0.1, -0.05) is 6.92 Å². The molecule has 0 aromatic heterocycles. The fraction of sp³-hybridized carbons (Fsp3) is 0.429. The van der Waals surface area contributed by atoms with Gasteiger partial charge in [0.05, 0.1) is 0 Å². The van der Waals surface area contributed by atoms with Crippen LogP contribution in [0, 0.1) is 11.7 Å². The molecule has 110 valence electrons. The molecule has 0 aliphatic heterocycles. The summed E-state index contributed by atoms with van der Waals surface area (Å²) in [6.45, 7) is 4.28. The fourth-order valence-corrected chi connectivity index (χ4v) is 1.79. The van der Waals surface area contributed by atoms with Crippen LogP contribution < -0.4 is 10.2 Å². The number of anilines is 1. The minimum atomic E-state index is -0.891. The Hall–Kier alpha value is -2.11. The van der Waals surface area contributed by atoms with Gasteiger partial charge < -0.3 is 10.4 Å². The molecule has 0 spiro atoms. The number of nitrogens with one attached hydrogen (secondary N) is 1. The number of carboxylic acid groups (broad SMARTS) is 1. The van der Waals surface area contributed by atoms with Crippen LogP contribution in [0.4, 0.5) is 14.9 Å². The number of nitrogens with zero attached hydrogens (tertiary/aromatic N) is 1. The predicted octanol–water partition coefficient (Wildman–Crippen LogP) is 2.47. The first kappa shape index (κ1) is 15.9. The molecule has 1 aromatic rings. The standard InChI is InChI=1S/C14H19FN2O3/c1-3-17(12-6-4-11(15)5-7-12)14(20)16-9-10(2)8-13(18)19/h4-7,10H,3,8-9H2,1-2H3,(H,16,20)(H,18,19). The number of aliphatic carboxylic acids is 1. The molecule has 5 nitrogen and oxygen atoms in total. The third kappa shape index (κ3) is 4.87. The van der Waals surface area contributed by atoms with Gasteiger partial charge >= 0.3 is 12.0 Å². The second-order valence-electron chi connectivity index (χ2n) is 4.61. The first-order chi connectivity index (χ1) is 9.43. The van der Waals surface area contributed by atoms with E-state index in [1.807, 2.05) is 6.92 Å². The Morgan fingerprint density at radius 3 is 2.45 bits per heavy atom. The van der Waals surface area contributed by atoms with Crippen molar-refractivity contribution in [1.29, 1.82) is 0 Å². The van der Waals surface area contributed by atoms with Crippen molar-refractivity contribution < 1.29 is 19.1 Å². The summed E-state index contributed by atoms with van der Waals surface area (Å²) >= 11 is 0. The molecule has 0 saturated carbocycles. The normalized spacial score (nSPS) is 11.8. The topological polar surface area (TPSA) is 69.6 Å². The van der Waals surface area contributed by atoms with Crippen molar-refractivity contribution in [2.75, 3.05) is 18.0 Å². The maximum absolute atomic E-state index is 12.9. The summed E-state index contributed by atoms with van der Waals surface area (Å²) in [5.74, 6) is -1.40. The van der Waals surface area contributed by atoms with Crippen molar-refractivity contribution in [1.82, 2.24) is 5.32 Å². The molecule has 2 N–H and O–H groups in total. The highest BCUT2D eigenvalue weighted by Gasteiger charge is 2.15. The Bertz CT molecular complexity index is 462. The molecule has 20 heavy (non-hydrogen) atoms. The molecule has 1 unspecified atom stereocenters. The van der Waals surface area contributed by atoms with E-state index in [0.29, 0.717) is 12.2 Å². The number of carbonyl (C=O) groups is 2. The van der Waals surface area contributed by atoms with Crippen molar-refractivity contribution in [2.45, 2.75) is 20.3 Å². The molecule has 2 amide bonds. The second-order valence-corrected chi connectivity index (χ2v) is 4.61. The Balaban J connectivity index is 2.59. The maximum Gasteiger partial charge on any atom is 0.321 e. The number of rotatable bonds is 6. The highest BCUT2D eigenvalue weighted by Crippen LogP contribution is 2.14. The Morgan fingerprint density at radius 2 is 1.95 bits per heavy atom. The monoisotopic (exact) mass is 282 g/mol. The van der Waals surface area contributed by atoms with Crippen LogP contribution in [0.15, 0.2) is 24.3 Å². The van der Waals surface area contributed by atoms with Gasteiger partial charge in [-0.2, -0.15) is 0 Å². The van der Waals surface area contributed by atoms with E-state index in [4.69, 9.17) is 5.11 Å². The number of carbonyl (C=O) groups excluding carboxylic acids is 1. The Kier molecular flexibility index (Phi) is 5.96. The molecule has 6 heteroatoms. The third-order valence-corrected chi connectivity index (χ3v) is 2.82. The van der Waals surface area contributed by atoms with Gasteiger partial charge in [0.2, 0.25) is 0 Å². The van der Waals surface area contributed by atoms with E-state index in [1.54, 1.807) is 6.92 Å². The maximum atomic E-state index is 12.9. The zero-order valence-electron chi connectivity index (χ0n) is 11.6. The molecule has 1 atom stereocenters. The number of carboxylic acids is 1. The Labute approximate surface area is 117 Å². The van der Waals surface area contributed by atoms with Crippen LogP contribution in [0.5, 0.6) is 0 Å². The van der Waals surface area contributed by atoms with Crippen molar-refractivity contribution in [3.63, 3.8) is 0 Å². The summed E-state index contributed by atoms with van der Waals surface area (Å²) in [4.78, 5) is 24.0. The van der Waals surface area contributed by atoms with E-state index in [0.717, 1.165) is 0 Å². The van der Waals surface area contributed by atoms with Crippen LogP contribution in [0.3, 0.4) is 0 Å². The van der Waals surface area contributed by atoms with Gasteiger partial charge in [0.1, 0.15) is 5.82 Å². The van der Waals surface area contributed by atoms with E-state index < -0.39 is 5.97 Å². The van der Waals surface area contributed by atoms with Gasteiger partial charge in [-0.05, 0) is 37.1 Å². The zero-order chi connectivity index (χ0) is 15.1. The first-order valence-electron chi connectivity index (χ1n) is 6.46. The molecule has 0 radical (unpaired) electrons. The van der Waals surface area contributed by atoms with Crippen molar-refractivity contribution in [3.8, 4) is 0 Å². The number of hydrogen-bond acceptors (Lipinski definition) is 2. The van der Waals surface area contributed by atoms with Gasteiger partial charge in [0, 0.05) is 25.2 Å². The molecular weight excluding hydrogens is 263 g/mol. The van der Waals surface area contributed by atoms with E-state index in [2.05, 4.69) is 5.32 Å². The highest BCUT2D eigenvalue weighted by atomic mass is 19.1. The van der Waals surface area contributed by atoms with Crippen LogP contribution in [-0.2, 0) is 4.79 Å². The van der Waals surface area contributed by atoms with Gasteiger partial charge in [0.15, 0.2) is 0 Å². The lowest BCUT2D eigenvalue weighted by Crippen LogP contribution is -2.41. The van der Waals surface area contributed by atoms with Crippen molar-refractivity contribution in [3.05, 3.63) is 30.1 Å². The van der Waals surface area contributed by atoms with Gasteiger partial charge in [-0.3, -0.25) is 9.69 Å². The largest absolute Gasteiger partial charge is 0.481 e. The molecular formula is C14H19FN2O3. The highest BCUT2D eigenvalue weighted by molar-refractivity contribution is 5.91. The number of halogens is 1. The van der Waals surface area contributed by atoms with E-state index in [9.17, 15) is 14.0 Å². The number of urea groups is 1. The van der Waals surface area contributed by atoms with E-state index >= 15 is 0 Å². The van der Waals surface area contributed by atoms with Crippen molar-refractivity contribution >= 4 is 17.7 Å². The second kappa shape index (κ2) is 7.47. The summed E-state index contributed by atoms with van der Waals surface area (Å²) in [6, 6.07) is 5.31. The minimum absolute atomic E-state index is 0.00293. The van der Waals surface area contributed by atoms with Gasteiger partial charge in [0.25, 0.3) is 0 Å². The smallest absolute Gasteiger partial charge is 0.321 e. The summed E-state index contributed by atoms with van der Waals surface area (Å²) in [5, 5.41) is 11.3. The predicted molar refractivity (Wildman–Crippen MR) is 74.2 cm³/mol. The summed E-state index contributed by atoms with van der Waals surface area (Å²) in [6.07, 6.45) is 0.00293. The third-order valence-electron chi connectivity index (χ3n) is 2.82. The fourth-order valence-electron chi connectivity index (χ4n) is 1.79. The zero-order valence-corrected chi connectivity index (χ0v) is 11.6. The molecule has 1 aromatic carbocycles. The van der Waals surface area contributed by atoms with Crippen LogP contribution in [0.2, 0.25) is 0 Å². The number of benzene rings is 1. The minimum Gasteiger partial charge on any atom is -0.481 e. The van der Waals surface area contributed by atoms with Crippen LogP contribution in [0.1, 0.15) is 20.3 Å². The molecule has 1 rings (SSSR count). The summed E-state index contributed by atoms with van der Waals surface area (Å²) in [7, 11) is 0. The Morgan fingerprint density at radius 1 is 1.35 bits per heavy atom. The number of amides is 2. The average Bonchev–Trinajstić information content (AvgIpc) is 2.38. The molecule has 0 saturated heterocycles. The molecule has 0 heterocycles. The first-order valence-corrected chi connectivity index (χ1v) is 6.46. The average molecular weight is 282 g/mol. The van der Waals surface area contributed by atoms with E-state index in [-0.39, 0.29) is 30.7 Å². The molecule has 0 aliphatic rings. The lowest BCUT2D eigenvalue weighted by atomic mass is 10.1.